The molecule has 1 amide bonds. The Hall–Kier alpha value is -2.73. The Kier molecular flexibility index (Phi) is 6.03. The van der Waals surface area contributed by atoms with Crippen LogP contribution in [-0.2, 0) is 0 Å². The molecule has 1 aromatic heterocycles. The summed E-state index contributed by atoms with van der Waals surface area (Å²) in [6.07, 6.45) is 3.17. The first-order valence-electron chi connectivity index (χ1n) is 7.71. The summed E-state index contributed by atoms with van der Waals surface area (Å²) in [5.74, 6) is -0.156. The maximum absolute atomic E-state index is 12.1. The predicted octanol–water partition coefficient (Wildman–Crippen LogP) is 2.32. The van der Waals surface area contributed by atoms with E-state index >= 15 is 0 Å². The number of hydrogen-bond acceptors (Lipinski definition) is 5. The fourth-order valence-electron chi connectivity index (χ4n) is 2.11. The third-order valence-corrected chi connectivity index (χ3v) is 3.40. The molecule has 126 valence electrons. The summed E-state index contributed by atoms with van der Waals surface area (Å²) in [4.78, 5) is 29.7. The average molecular weight is 326 g/mol. The van der Waals surface area contributed by atoms with Gasteiger partial charge in [0.25, 0.3) is 5.91 Å². The monoisotopic (exact) mass is 326 g/mol. The maximum Gasteiger partial charge on any atom is 0.252 e. The number of rotatable bonds is 7. The van der Waals surface area contributed by atoms with E-state index in [4.69, 9.17) is 0 Å². The van der Waals surface area contributed by atoms with E-state index in [-0.39, 0.29) is 11.7 Å². The lowest BCUT2D eigenvalue weighted by atomic mass is 10.1. The number of pyridine rings is 1. The van der Waals surface area contributed by atoms with E-state index in [9.17, 15) is 9.59 Å². The minimum absolute atomic E-state index is 0.00537. The van der Waals surface area contributed by atoms with Crippen molar-refractivity contribution in [2.45, 2.75) is 6.92 Å². The Balaban J connectivity index is 2.06. The number of ketones is 1. The van der Waals surface area contributed by atoms with Gasteiger partial charge in [-0.25, -0.2) is 0 Å². The van der Waals surface area contributed by atoms with E-state index in [2.05, 4.69) is 15.6 Å². The van der Waals surface area contributed by atoms with Crippen LogP contribution < -0.4 is 10.6 Å². The number of carbonyl (C=O) groups is 2. The summed E-state index contributed by atoms with van der Waals surface area (Å²) in [6, 6.07) is 8.94. The topological polar surface area (TPSA) is 74.3 Å². The molecule has 2 aromatic rings. The van der Waals surface area contributed by atoms with Crippen molar-refractivity contribution in [1.82, 2.24) is 15.2 Å². The van der Waals surface area contributed by atoms with Crippen LogP contribution in [-0.4, -0.2) is 48.8 Å². The third kappa shape index (κ3) is 5.17. The molecule has 0 unspecified atom stereocenters. The molecule has 6 heteroatoms. The van der Waals surface area contributed by atoms with E-state index in [1.54, 1.807) is 24.4 Å². The van der Waals surface area contributed by atoms with Gasteiger partial charge >= 0.3 is 0 Å². The summed E-state index contributed by atoms with van der Waals surface area (Å²) in [6.45, 7) is 2.87. The van der Waals surface area contributed by atoms with Crippen molar-refractivity contribution < 1.29 is 9.59 Å². The first-order valence-corrected chi connectivity index (χ1v) is 7.71. The lowest BCUT2D eigenvalue weighted by Crippen LogP contribution is -2.31. The Morgan fingerprint density at radius 1 is 1.08 bits per heavy atom. The molecule has 0 aliphatic carbocycles. The predicted molar refractivity (Wildman–Crippen MR) is 94.9 cm³/mol. The first kappa shape index (κ1) is 17.6. The number of amides is 1. The van der Waals surface area contributed by atoms with Gasteiger partial charge in [-0.1, -0.05) is 12.1 Å². The van der Waals surface area contributed by atoms with E-state index in [0.29, 0.717) is 23.4 Å². The number of nitrogens with zero attached hydrogens (tertiary/aromatic N) is 2. The number of aromatic nitrogens is 1. The quantitative estimate of drug-likeness (QED) is 0.764. The zero-order chi connectivity index (χ0) is 17.5. The van der Waals surface area contributed by atoms with Crippen LogP contribution in [0, 0.1) is 0 Å². The molecule has 0 saturated heterocycles. The molecule has 0 atom stereocenters. The zero-order valence-electron chi connectivity index (χ0n) is 14.2. The summed E-state index contributed by atoms with van der Waals surface area (Å²) < 4.78 is 0. The fraction of sp³-hybridized carbons (Fsp3) is 0.278. The smallest absolute Gasteiger partial charge is 0.252 e. The molecular weight excluding hydrogens is 304 g/mol. The van der Waals surface area contributed by atoms with Crippen molar-refractivity contribution >= 4 is 23.1 Å². The van der Waals surface area contributed by atoms with Gasteiger partial charge in [-0.15, -0.1) is 0 Å². The minimum atomic E-state index is -0.162. The normalized spacial score (nSPS) is 10.5. The third-order valence-electron chi connectivity index (χ3n) is 3.40. The molecule has 0 fully saturated rings. The van der Waals surface area contributed by atoms with Crippen LogP contribution in [0.25, 0.3) is 0 Å². The number of hydrogen-bond donors (Lipinski definition) is 2. The summed E-state index contributed by atoms with van der Waals surface area (Å²) in [5, 5.41) is 6.02. The molecule has 1 aromatic carbocycles. The molecule has 6 nitrogen and oxygen atoms in total. The van der Waals surface area contributed by atoms with Crippen LogP contribution >= 0.6 is 0 Å². The van der Waals surface area contributed by atoms with Crippen molar-refractivity contribution in [3.8, 4) is 0 Å². The second-order valence-electron chi connectivity index (χ2n) is 5.78. The molecule has 0 bridgehead atoms. The van der Waals surface area contributed by atoms with Gasteiger partial charge in [0, 0.05) is 30.5 Å². The van der Waals surface area contributed by atoms with Crippen LogP contribution in [0.1, 0.15) is 27.6 Å². The van der Waals surface area contributed by atoms with Crippen LogP contribution in [0.4, 0.5) is 11.4 Å². The Morgan fingerprint density at radius 2 is 1.83 bits per heavy atom. The highest BCUT2D eigenvalue weighted by molar-refractivity contribution is 5.96. The molecule has 1 heterocycles. The van der Waals surface area contributed by atoms with E-state index < -0.39 is 0 Å². The Labute approximate surface area is 141 Å². The van der Waals surface area contributed by atoms with Gasteiger partial charge in [-0.3, -0.25) is 14.6 Å². The summed E-state index contributed by atoms with van der Waals surface area (Å²) in [7, 11) is 3.90. The molecule has 24 heavy (non-hydrogen) atoms. The highest BCUT2D eigenvalue weighted by Gasteiger charge is 2.07. The average Bonchev–Trinajstić information content (AvgIpc) is 2.55. The molecule has 2 N–H and O–H groups in total. The lowest BCUT2D eigenvalue weighted by molar-refractivity contribution is 0.0949. The number of anilines is 2. The summed E-state index contributed by atoms with van der Waals surface area (Å²) in [5.41, 5.74) is 2.58. The second-order valence-corrected chi connectivity index (χ2v) is 5.78. The van der Waals surface area contributed by atoms with Crippen molar-refractivity contribution in [2.75, 3.05) is 32.5 Å². The number of Topliss-reactive ketones (excluding diaryl/α,β-unsaturated/α-hetero) is 1. The van der Waals surface area contributed by atoms with E-state index in [0.717, 1.165) is 12.2 Å². The van der Waals surface area contributed by atoms with Crippen molar-refractivity contribution in [2.24, 2.45) is 0 Å². The Morgan fingerprint density at radius 3 is 2.54 bits per heavy atom. The molecule has 0 radical (unpaired) electrons. The molecule has 0 saturated carbocycles. The van der Waals surface area contributed by atoms with Crippen molar-refractivity contribution in [3.05, 3.63) is 53.9 Å². The highest BCUT2D eigenvalue weighted by atomic mass is 16.1. The SMILES string of the molecule is CC(=O)c1cccc(Nc2cncc(C(=O)NCCN(C)C)c2)c1. The Bertz CT molecular complexity index is 728. The van der Waals surface area contributed by atoms with Gasteiger partial charge in [0.1, 0.15) is 0 Å². The number of carbonyl (C=O) groups excluding carboxylic acids is 2. The van der Waals surface area contributed by atoms with Crippen molar-refractivity contribution in [3.63, 3.8) is 0 Å². The van der Waals surface area contributed by atoms with Gasteiger partial charge in [-0.05, 0) is 39.2 Å². The lowest BCUT2D eigenvalue weighted by Gasteiger charge is -2.11. The second kappa shape index (κ2) is 8.21. The standard InChI is InChI=1S/C18H22N4O2/c1-13(23)14-5-4-6-16(9-14)21-17-10-15(11-19-12-17)18(24)20-7-8-22(2)3/h4-6,9-12,21H,7-8H2,1-3H3,(H,20,24). The maximum atomic E-state index is 12.1. The van der Waals surface area contributed by atoms with Gasteiger partial charge in [-0.2, -0.15) is 0 Å². The van der Waals surface area contributed by atoms with Crippen molar-refractivity contribution in [1.29, 1.82) is 0 Å². The zero-order valence-corrected chi connectivity index (χ0v) is 14.2. The molecule has 0 aliphatic heterocycles. The van der Waals surface area contributed by atoms with Crippen LogP contribution in [0.5, 0.6) is 0 Å². The van der Waals surface area contributed by atoms with E-state index in [1.807, 2.05) is 31.1 Å². The molecular formula is C18H22N4O2. The van der Waals surface area contributed by atoms with Gasteiger partial charge in [0.05, 0.1) is 17.4 Å². The van der Waals surface area contributed by atoms with Gasteiger partial charge in [0.2, 0.25) is 0 Å². The minimum Gasteiger partial charge on any atom is -0.354 e. The molecule has 0 spiro atoms. The van der Waals surface area contributed by atoms with Crippen LogP contribution in [0.3, 0.4) is 0 Å². The van der Waals surface area contributed by atoms with Gasteiger partial charge in [0.15, 0.2) is 5.78 Å². The van der Waals surface area contributed by atoms with E-state index in [1.165, 1.54) is 13.1 Å². The number of likely N-dealkylation sites (N-methyl/N-ethyl adjacent to an activating group) is 1. The molecule has 2 rings (SSSR count). The van der Waals surface area contributed by atoms with Crippen LogP contribution in [0.15, 0.2) is 42.7 Å². The largest absolute Gasteiger partial charge is 0.354 e. The number of nitrogens with one attached hydrogen (secondary N) is 2. The van der Waals surface area contributed by atoms with Crippen LogP contribution in [0.2, 0.25) is 0 Å². The molecule has 0 aliphatic rings. The first-order chi connectivity index (χ1) is 11.5. The summed E-state index contributed by atoms with van der Waals surface area (Å²) >= 11 is 0. The fourth-order valence-corrected chi connectivity index (χ4v) is 2.11. The number of benzene rings is 1. The highest BCUT2D eigenvalue weighted by Crippen LogP contribution is 2.18. The van der Waals surface area contributed by atoms with Gasteiger partial charge < -0.3 is 15.5 Å².